The van der Waals surface area contributed by atoms with Gasteiger partial charge in [0, 0.05) is 12.3 Å². The Kier molecular flexibility index (Phi) is 3.88. The first-order valence-electron chi connectivity index (χ1n) is 3.94. The summed E-state index contributed by atoms with van der Waals surface area (Å²) in [5.41, 5.74) is 0. The maximum absolute atomic E-state index is 11.1. The van der Waals surface area contributed by atoms with E-state index in [1.54, 1.807) is 18.2 Å². The number of pyridine rings is 1. The van der Waals surface area contributed by atoms with Gasteiger partial charge in [0.25, 0.3) is 0 Å². The van der Waals surface area contributed by atoms with Crippen LogP contribution in [0.4, 0.5) is 5.82 Å². The van der Waals surface area contributed by atoms with Crippen LogP contribution in [0.25, 0.3) is 0 Å². The van der Waals surface area contributed by atoms with Crippen LogP contribution in [-0.4, -0.2) is 10.9 Å². The van der Waals surface area contributed by atoms with Crippen LogP contribution in [0.1, 0.15) is 0 Å². The lowest BCUT2D eigenvalue weighted by atomic mass is 10.4. The maximum atomic E-state index is 11.1. The van der Waals surface area contributed by atoms with Crippen molar-refractivity contribution >= 4 is 23.3 Å². The molecule has 0 atom stereocenters. The van der Waals surface area contributed by atoms with Gasteiger partial charge in [0.1, 0.15) is 5.82 Å². The van der Waals surface area contributed by atoms with Gasteiger partial charge in [0.2, 0.25) is 5.91 Å². The van der Waals surface area contributed by atoms with Gasteiger partial charge in [-0.1, -0.05) is 30.3 Å². The summed E-state index contributed by atoms with van der Waals surface area (Å²) < 4.78 is 0. The minimum atomic E-state index is -0.250. The van der Waals surface area contributed by atoms with Gasteiger partial charge in [-0.2, -0.15) is 0 Å². The topological polar surface area (TPSA) is 42.0 Å². The number of carbonyl (C=O) groups is 1. The number of carbonyl (C=O) groups excluding carboxylic acids is 1. The summed E-state index contributed by atoms with van der Waals surface area (Å²) in [6.07, 6.45) is 5.90. The molecule has 1 N–H and O–H groups in total. The molecule has 0 aliphatic heterocycles. The van der Waals surface area contributed by atoms with Gasteiger partial charge >= 0.3 is 0 Å². The van der Waals surface area contributed by atoms with Crippen molar-refractivity contribution in [3.8, 4) is 0 Å². The fourth-order valence-corrected chi connectivity index (χ4v) is 0.885. The van der Waals surface area contributed by atoms with Crippen LogP contribution < -0.4 is 5.32 Å². The Morgan fingerprint density at radius 3 is 2.93 bits per heavy atom. The van der Waals surface area contributed by atoms with Crippen molar-refractivity contribution in [2.45, 2.75) is 0 Å². The van der Waals surface area contributed by atoms with Crippen LogP contribution in [0, 0.1) is 0 Å². The summed E-state index contributed by atoms with van der Waals surface area (Å²) in [5, 5.41) is 3.09. The van der Waals surface area contributed by atoms with E-state index in [1.807, 2.05) is 0 Å². The fraction of sp³-hybridized carbons (Fsp3) is 0. The Balaban J connectivity index is 2.60. The smallest absolute Gasteiger partial charge is 0.249 e. The molecule has 0 aliphatic rings. The van der Waals surface area contributed by atoms with Gasteiger partial charge in [-0.3, -0.25) is 4.79 Å². The molecule has 0 fully saturated rings. The lowest BCUT2D eigenvalue weighted by Crippen LogP contribution is -2.08. The molecule has 4 heteroatoms. The van der Waals surface area contributed by atoms with Gasteiger partial charge in [0.15, 0.2) is 0 Å². The Morgan fingerprint density at radius 2 is 2.36 bits per heavy atom. The predicted octanol–water partition coefficient (Wildman–Crippen LogP) is 2.42. The summed E-state index contributed by atoms with van der Waals surface area (Å²) in [6, 6.07) is 3.28. The number of amides is 1. The maximum Gasteiger partial charge on any atom is 0.249 e. The van der Waals surface area contributed by atoms with Gasteiger partial charge in [-0.15, -0.1) is 0 Å². The highest BCUT2D eigenvalue weighted by molar-refractivity contribution is 6.30. The van der Waals surface area contributed by atoms with Crippen LogP contribution in [-0.2, 0) is 4.79 Å². The molecule has 1 aromatic heterocycles. The Morgan fingerprint density at radius 1 is 1.57 bits per heavy atom. The molecule has 0 aliphatic carbocycles. The Labute approximate surface area is 87.1 Å². The van der Waals surface area contributed by atoms with Crippen molar-refractivity contribution in [1.82, 2.24) is 4.98 Å². The largest absolute Gasteiger partial charge is 0.307 e. The van der Waals surface area contributed by atoms with E-state index < -0.39 is 0 Å². The van der Waals surface area contributed by atoms with E-state index in [0.29, 0.717) is 10.8 Å². The average Bonchev–Trinajstić information content (AvgIpc) is 2.18. The second-order valence-electron chi connectivity index (χ2n) is 2.45. The van der Waals surface area contributed by atoms with Crippen molar-refractivity contribution < 1.29 is 4.79 Å². The number of hydrogen-bond donors (Lipinski definition) is 1. The zero-order valence-corrected chi connectivity index (χ0v) is 8.16. The summed E-state index contributed by atoms with van der Waals surface area (Å²) in [7, 11) is 0. The van der Waals surface area contributed by atoms with E-state index in [-0.39, 0.29) is 5.91 Å². The van der Waals surface area contributed by atoms with Crippen molar-refractivity contribution in [3.05, 3.63) is 48.2 Å². The molecule has 0 saturated carbocycles. The molecular weight excluding hydrogens is 200 g/mol. The number of aromatic nitrogens is 1. The average molecular weight is 209 g/mol. The molecule has 0 spiro atoms. The van der Waals surface area contributed by atoms with E-state index in [4.69, 9.17) is 11.6 Å². The van der Waals surface area contributed by atoms with E-state index in [2.05, 4.69) is 16.9 Å². The molecule has 1 amide bonds. The summed E-state index contributed by atoms with van der Waals surface area (Å²) in [6.45, 7) is 3.45. The lowest BCUT2D eigenvalue weighted by Gasteiger charge is -1.99. The van der Waals surface area contributed by atoms with Crippen LogP contribution >= 0.6 is 11.6 Å². The summed E-state index contributed by atoms with van der Waals surface area (Å²) in [4.78, 5) is 15.0. The van der Waals surface area contributed by atoms with Crippen molar-refractivity contribution in [3.63, 3.8) is 0 Å². The lowest BCUT2D eigenvalue weighted by molar-refractivity contribution is -0.111. The SMILES string of the molecule is C=C/C=C/C(=O)Nc1ccc(Cl)cn1. The van der Waals surface area contributed by atoms with E-state index in [1.165, 1.54) is 18.3 Å². The molecule has 0 saturated heterocycles. The molecule has 3 nitrogen and oxygen atoms in total. The number of nitrogens with one attached hydrogen (secondary N) is 1. The van der Waals surface area contributed by atoms with Gasteiger partial charge < -0.3 is 5.32 Å². The third kappa shape index (κ3) is 3.41. The highest BCUT2D eigenvalue weighted by Crippen LogP contribution is 2.09. The summed E-state index contributed by atoms with van der Waals surface area (Å²) in [5.74, 6) is 0.216. The highest BCUT2D eigenvalue weighted by Gasteiger charge is 1.97. The number of allylic oxidation sites excluding steroid dienone is 2. The molecule has 0 unspecified atom stereocenters. The molecule has 1 heterocycles. The monoisotopic (exact) mass is 208 g/mol. The van der Waals surface area contributed by atoms with Crippen LogP contribution in [0.15, 0.2) is 43.1 Å². The predicted molar refractivity (Wildman–Crippen MR) is 57.2 cm³/mol. The van der Waals surface area contributed by atoms with E-state index in [9.17, 15) is 4.79 Å². The molecule has 1 aromatic rings. The second-order valence-corrected chi connectivity index (χ2v) is 2.88. The molecule has 0 radical (unpaired) electrons. The second kappa shape index (κ2) is 5.19. The quantitative estimate of drug-likeness (QED) is 0.612. The highest BCUT2D eigenvalue weighted by atomic mass is 35.5. The third-order valence-corrected chi connectivity index (χ3v) is 1.59. The van der Waals surface area contributed by atoms with Gasteiger partial charge in [0.05, 0.1) is 5.02 Å². The Hall–Kier alpha value is -1.61. The third-order valence-electron chi connectivity index (χ3n) is 1.36. The van der Waals surface area contributed by atoms with Crippen molar-refractivity contribution in [2.24, 2.45) is 0 Å². The van der Waals surface area contributed by atoms with Gasteiger partial charge in [-0.05, 0) is 12.1 Å². The van der Waals surface area contributed by atoms with Crippen LogP contribution in [0.2, 0.25) is 5.02 Å². The molecule has 14 heavy (non-hydrogen) atoms. The van der Waals surface area contributed by atoms with Crippen molar-refractivity contribution in [1.29, 1.82) is 0 Å². The molecule has 0 bridgehead atoms. The van der Waals surface area contributed by atoms with Crippen molar-refractivity contribution in [2.75, 3.05) is 5.32 Å². The number of anilines is 1. The molecule has 72 valence electrons. The number of rotatable bonds is 3. The van der Waals surface area contributed by atoms with E-state index >= 15 is 0 Å². The number of halogens is 1. The normalized spacial score (nSPS) is 10.1. The Bertz CT molecular complexity index is 357. The zero-order valence-electron chi connectivity index (χ0n) is 7.40. The minimum Gasteiger partial charge on any atom is -0.307 e. The first kappa shape index (κ1) is 10.5. The first-order valence-corrected chi connectivity index (χ1v) is 4.32. The molecule has 0 aromatic carbocycles. The first-order chi connectivity index (χ1) is 6.72. The molecular formula is C10H9ClN2O. The minimum absolute atomic E-state index is 0.250. The zero-order chi connectivity index (χ0) is 10.4. The molecule has 1 rings (SSSR count). The summed E-state index contributed by atoms with van der Waals surface area (Å²) >= 11 is 5.63. The van der Waals surface area contributed by atoms with Gasteiger partial charge in [-0.25, -0.2) is 4.98 Å². The number of hydrogen-bond acceptors (Lipinski definition) is 2. The van der Waals surface area contributed by atoms with Crippen LogP contribution in [0.3, 0.4) is 0 Å². The van der Waals surface area contributed by atoms with E-state index in [0.717, 1.165) is 0 Å². The van der Waals surface area contributed by atoms with Crippen LogP contribution in [0.5, 0.6) is 0 Å². The fourth-order valence-electron chi connectivity index (χ4n) is 0.773. The standard InChI is InChI=1S/C10H9ClN2O/c1-2-3-4-10(14)13-9-6-5-8(11)7-12-9/h2-7H,1H2,(H,12,13,14)/b4-3+. The number of nitrogens with zero attached hydrogens (tertiary/aromatic N) is 1.